The number of sulfone groups is 1. The fraction of sp³-hybridized carbons (Fsp3) is 0.312. The van der Waals surface area contributed by atoms with Gasteiger partial charge in [0, 0.05) is 5.02 Å². The second kappa shape index (κ2) is 9.20. The van der Waals surface area contributed by atoms with Crippen LogP contribution in [0.15, 0.2) is 41.3 Å². The normalized spacial score (nSPS) is 11.7. The van der Waals surface area contributed by atoms with Crippen LogP contribution in [-0.4, -0.2) is 45.0 Å². The molecule has 0 atom stereocenters. The molecular weight excluding hydrogens is 395 g/mol. The number of nitrogens with one attached hydrogen (secondary N) is 1. The maximum Gasteiger partial charge on any atom is 0.490 e. The third kappa shape index (κ3) is 6.81. The number of fused-ring (bicyclic) bond motifs is 1. The van der Waals surface area contributed by atoms with Gasteiger partial charge < -0.3 is 10.4 Å². The Hall–Kier alpha value is -1.84. The van der Waals surface area contributed by atoms with E-state index in [0.29, 0.717) is 22.9 Å². The number of carboxylic acid groups (broad SMARTS) is 1. The van der Waals surface area contributed by atoms with Gasteiger partial charge in [-0.3, -0.25) is 0 Å². The highest BCUT2D eigenvalue weighted by atomic mass is 35.5. The highest BCUT2D eigenvalue weighted by Crippen LogP contribution is 2.23. The van der Waals surface area contributed by atoms with Gasteiger partial charge in [-0.1, -0.05) is 23.7 Å². The number of benzene rings is 2. The van der Waals surface area contributed by atoms with Crippen molar-refractivity contribution in [3.8, 4) is 0 Å². The number of rotatable bonds is 5. The summed E-state index contributed by atoms with van der Waals surface area (Å²) in [7, 11) is -1.40. The van der Waals surface area contributed by atoms with Crippen molar-refractivity contribution in [2.24, 2.45) is 0 Å². The molecule has 0 bridgehead atoms. The largest absolute Gasteiger partial charge is 0.490 e. The lowest BCUT2D eigenvalue weighted by atomic mass is 10.1. The van der Waals surface area contributed by atoms with Gasteiger partial charge in [0.25, 0.3) is 0 Å². The molecule has 10 heteroatoms. The zero-order valence-corrected chi connectivity index (χ0v) is 15.2. The number of halogens is 4. The molecule has 0 saturated heterocycles. The van der Waals surface area contributed by atoms with Crippen LogP contribution in [0.5, 0.6) is 0 Å². The summed E-state index contributed by atoms with van der Waals surface area (Å²) < 4.78 is 56.1. The molecule has 5 nitrogen and oxygen atoms in total. The van der Waals surface area contributed by atoms with Gasteiger partial charge >= 0.3 is 12.1 Å². The molecule has 0 spiro atoms. The molecule has 0 unspecified atom stereocenters. The third-order valence-corrected chi connectivity index (χ3v) is 5.25. The van der Waals surface area contributed by atoms with Crippen LogP contribution < -0.4 is 5.32 Å². The Labute approximate surface area is 153 Å². The van der Waals surface area contributed by atoms with Crippen molar-refractivity contribution < 1.29 is 31.5 Å². The van der Waals surface area contributed by atoms with E-state index in [4.69, 9.17) is 21.5 Å². The Morgan fingerprint density at radius 1 is 1.15 bits per heavy atom. The predicted octanol–water partition coefficient (Wildman–Crippen LogP) is 3.51. The van der Waals surface area contributed by atoms with Gasteiger partial charge in [0.2, 0.25) is 0 Å². The van der Waals surface area contributed by atoms with Gasteiger partial charge in [-0.2, -0.15) is 13.2 Å². The molecule has 0 aliphatic rings. The Kier molecular flexibility index (Phi) is 7.86. The summed E-state index contributed by atoms with van der Waals surface area (Å²) in [6.07, 6.45) is -4.47. The Morgan fingerprint density at radius 2 is 1.69 bits per heavy atom. The van der Waals surface area contributed by atoms with Crippen LogP contribution >= 0.6 is 11.6 Å². The first-order valence-electron chi connectivity index (χ1n) is 7.34. The molecule has 0 aromatic heterocycles. The first-order chi connectivity index (χ1) is 12.0. The molecule has 144 valence electrons. The molecule has 0 radical (unpaired) electrons. The molecule has 2 N–H and O–H groups in total. The third-order valence-electron chi connectivity index (χ3n) is 3.22. The summed E-state index contributed by atoms with van der Waals surface area (Å²) in [6.45, 7) is 0.697. The molecule has 0 saturated carbocycles. The predicted molar refractivity (Wildman–Crippen MR) is 93.2 cm³/mol. The summed E-state index contributed by atoms with van der Waals surface area (Å²) in [5, 5.41) is 12.6. The Balaban J connectivity index is 0.000000412. The van der Waals surface area contributed by atoms with E-state index < -0.39 is 22.0 Å². The molecule has 0 fully saturated rings. The maximum atomic E-state index is 12.2. The molecule has 2 aromatic carbocycles. The minimum absolute atomic E-state index is 0.160. The lowest BCUT2D eigenvalue weighted by molar-refractivity contribution is -0.192. The van der Waals surface area contributed by atoms with E-state index in [9.17, 15) is 21.6 Å². The summed E-state index contributed by atoms with van der Waals surface area (Å²) >= 11 is 5.91. The smallest absolute Gasteiger partial charge is 0.475 e. The van der Waals surface area contributed by atoms with Gasteiger partial charge in [-0.05, 0) is 55.1 Å². The first kappa shape index (κ1) is 22.2. The number of carboxylic acids is 1. The minimum atomic E-state index is -5.08. The van der Waals surface area contributed by atoms with Gasteiger partial charge in [0.1, 0.15) is 0 Å². The second-order valence-corrected chi connectivity index (χ2v) is 7.78. The van der Waals surface area contributed by atoms with Crippen molar-refractivity contribution >= 4 is 38.2 Å². The first-order valence-corrected chi connectivity index (χ1v) is 9.37. The van der Waals surface area contributed by atoms with Crippen molar-refractivity contribution in [3.05, 3.63) is 41.4 Å². The molecule has 0 aliphatic carbocycles. The summed E-state index contributed by atoms with van der Waals surface area (Å²) in [5.74, 6) is -2.60. The van der Waals surface area contributed by atoms with Crippen molar-refractivity contribution in [2.75, 3.05) is 19.3 Å². The van der Waals surface area contributed by atoms with E-state index in [2.05, 4.69) is 5.32 Å². The second-order valence-electron chi connectivity index (χ2n) is 5.23. The van der Waals surface area contributed by atoms with E-state index in [1.54, 1.807) is 24.3 Å². The molecule has 0 heterocycles. The molecule has 2 aromatic rings. The van der Waals surface area contributed by atoms with Crippen molar-refractivity contribution in [2.45, 2.75) is 17.5 Å². The highest BCUT2D eigenvalue weighted by Gasteiger charge is 2.38. The molecule has 26 heavy (non-hydrogen) atoms. The van der Waals surface area contributed by atoms with Crippen LogP contribution in [0.25, 0.3) is 10.8 Å². The number of hydrogen-bond donors (Lipinski definition) is 2. The molecule has 2 rings (SSSR count). The quantitative estimate of drug-likeness (QED) is 0.735. The van der Waals surface area contributed by atoms with E-state index in [1.165, 1.54) is 0 Å². The zero-order valence-electron chi connectivity index (χ0n) is 13.7. The standard InChI is InChI=1S/C14H16ClNO2S.C2HF3O2/c1-16-7-2-8-19(17,18)14-6-4-11-9-13(15)5-3-12(11)10-14;3-2(4,5)1(6)7/h3-6,9-10,16H,2,7-8H2,1H3;(H,6,7). The monoisotopic (exact) mass is 411 g/mol. The fourth-order valence-corrected chi connectivity index (χ4v) is 3.47. The average molecular weight is 412 g/mol. The summed E-state index contributed by atoms with van der Waals surface area (Å²) in [4.78, 5) is 9.27. The Bertz CT molecular complexity index is 869. The lowest BCUT2D eigenvalue weighted by Crippen LogP contribution is -2.21. The lowest BCUT2D eigenvalue weighted by Gasteiger charge is -2.06. The molecule has 0 amide bonds. The van der Waals surface area contributed by atoms with Crippen LogP contribution in [0.4, 0.5) is 13.2 Å². The van der Waals surface area contributed by atoms with Gasteiger partial charge in [-0.25, -0.2) is 13.2 Å². The number of carbonyl (C=O) groups is 1. The average Bonchev–Trinajstić information content (AvgIpc) is 2.54. The van der Waals surface area contributed by atoms with Crippen molar-refractivity contribution in [1.82, 2.24) is 5.32 Å². The summed E-state index contributed by atoms with van der Waals surface area (Å²) in [5.41, 5.74) is 0. The number of alkyl halides is 3. The van der Waals surface area contributed by atoms with Crippen LogP contribution in [0.3, 0.4) is 0 Å². The molecule has 0 aliphatic heterocycles. The zero-order chi connectivity index (χ0) is 20.0. The van der Waals surface area contributed by atoms with Crippen LogP contribution in [-0.2, 0) is 14.6 Å². The van der Waals surface area contributed by atoms with Crippen LogP contribution in [0.2, 0.25) is 5.02 Å². The summed E-state index contributed by atoms with van der Waals surface area (Å²) in [6, 6.07) is 10.6. The number of hydrogen-bond acceptors (Lipinski definition) is 4. The maximum absolute atomic E-state index is 12.2. The molecular formula is C16H17ClF3NO4S. The van der Waals surface area contributed by atoms with Gasteiger partial charge in [-0.15, -0.1) is 0 Å². The van der Waals surface area contributed by atoms with Crippen molar-refractivity contribution in [1.29, 1.82) is 0 Å². The van der Waals surface area contributed by atoms with E-state index in [-0.39, 0.29) is 5.75 Å². The van der Waals surface area contributed by atoms with Crippen molar-refractivity contribution in [3.63, 3.8) is 0 Å². The Morgan fingerprint density at radius 3 is 2.23 bits per heavy atom. The van der Waals surface area contributed by atoms with Crippen LogP contribution in [0.1, 0.15) is 6.42 Å². The number of aliphatic carboxylic acids is 1. The van der Waals surface area contributed by atoms with Gasteiger partial charge in [0.05, 0.1) is 10.6 Å². The fourth-order valence-electron chi connectivity index (χ4n) is 1.94. The van der Waals surface area contributed by atoms with Crippen LogP contribution in [0, 0.1) is 0 Å². The topological polar surface area (TPSA) is 83.5 Å². The van der Waals surface area contributed by atoms with E-state index in [1.807, 2.05) is 19.2 Å². The minimum Gasteiger partial charge on any atom is -0.475 e. The SMILES string of the molecule is CNCCCS(=O)(=O)c1ccc2cc(Cl)ccc2c1.O=C(O)C(F)(F)F. The highest BCUT2D eigenvalue weighted by molar-refractivity contribution is 7.91. The van der Waals surface area contributed by atoms with E-state index in [0.717, 1.165) is 10.8 Å². The van der Waals surface area contributed by atoms with Gasteiger partial charge in [0.15, 0.2) is 9.84 Å². The van der Waals surface area contributed by atoms with E-state index >= 15 is 0 Å².